The molecule has 0 spiro atoms. The summed E-state index contributed by atoms with van der Waals surface area (Å²) in [5.41, 5.74) is 0.375. The Hall–Kier alpha value is -0.0800. The minimum atomic E-state index is 0.375. The maximum absolute atomic E-state index is 5.66. The van der Waals surface area contributed by atoms with Gasteiger partial charge in [-0.15, -0.1) is 0 Å². The summed E-state index contributed by atoms with van der Waals surface area (Å²) in [4.78, 5) is 0. The molecule has 17 heavy (non-hydrogen) atoms. The van der Waals surface area contributed by atoms with Crippen LogP contribution in [0, 0.1) is 5.41 Å². The van der Waals surface area contributed by atoms with E-state index >= 15 is 0 Å². The van der Waals surface area contributed by atoms with E-state index in [1.165, 1.54) is 38.5 Å². The van der Waals surface area contributed by atoms with Gasteiger partial charge in [0.25, 0.3) is 0 Å². The molecule has 1 fully saturated rings. The molecule has 1 aliphatic rings. The minimum Gasteiger partial charge on any atom is -0.378 e. The Morgan fingerprint density at radius 1 is 1.29 bits per heavy atom. The third-order valence-electron chi connectivity index (χ3n) is 3.79. The van der Waals surface area contributed by atoms with Crippen molar-refractivity contribution >= 4 is 0 Å². The molecule has 2 heteroatoms. The van der Waals surface area contributed by atoms with Crippen LogP contribution in [0.15, 0.2) is 0 Å². The largest absolute Gasteiger partial charge is 0.378 e. The second-order valence-corrected chi connectivity index (χ2v) is 6.40. The van der Waals surface area contributed by atoms with Gasteiger partial charge in [-0.3, -0.25) is 0 Å². The Balaban J connectivity index is 2.13. The van der Waals surface area contributed by atoms with E-state index in [9.17, 15) is 0 Å². The molecule has 2 atom stereocenters. The highest BCUT2D eigenvalue weighted by Crippen LogP contribution is 2.25. The number of ether oxygens (including phenoxy) is 1. The van der Waals surface area contributed by atoms with Crippen molar-refractivity contribution in [3.05, 3.63) is 0 Å². The number of rotatable bonds is 7. The summed E-state index contributed by atoms with van der Waals surface area (Å²) < 4.78 is 5.66. The van der Waals surface area contributed by atoms with Crippen LogP contribution in [-0.4, -0.2) is 25.3 Å². The maximum Gasteiger partial charge on any atom is 0.0576 e. The van der Waals surface area contributed by atoms with E-state index in [0.29, 0.717) is 17.6 Å². The minimum absolute atomic E-state index is 0.375. The molecule has 1 rings (SSSR count). The van der Waals surface area contributed by atoms with Gasteiger partial charge in [-0.05, 0) is 37.6 Å². The summed E-state index contributed by atoms with van der Waals surface area (Å²) in [6.45, 7) is 11.3. The molecule has 0 aromatic heterocycles. The highest BCUT2D eigenvalue weighted by molar-refractivity contribution is 4.80. The number of hydrogen-bond donors (Lipinski definition) is 1. The van der Waals surface area contributed by atoms with Gasteiger partial charge >= 0.3 is 0 Å². The molecule has 0 aliphatic carbocycles. The highest BCUT2D eigenvalue weighted by atomic mass is 16.5. The van der Waals surface area contributed by atoms with Crippen molar-refractivity contribution < 1.29 is 4.74 Å². The van der Waals surface area contributed by atoms with Crippen LogP contribution in [0.1, 0.15) is 66.2 Å². The summed E-state index contributed by atoms with van der Waals surface area (Å²) in [6.07, 6.45) is 8.34. The van der Waals surface area contributed by atoms with Crippen LogP contribution in [0.4, 0.5) is 0 Å². The SMILES string of the molecule is CCNC(CCCCC1CCCO1)C(C)(C)C. The van der Waals surface area contributed by atoms with E-state index in [4.69, 9.17) is 4.74 Å². The molecule has 0 radical (unpaired) electrons. The van der Waals surface area contributed by atoms with Crippen molar-refractivity contribution in [3.63, 3.8) is 0 Å². The third-order valence-corrected chi connectivity index (χ3v) is 3.79. The van der Waals surface area contributed by atoms with Gasteiger partial charge in [-0.25, -0.2) is 0 Å². The molecular weight excluding hydrogens is 210 g/mol. The molecule has 0 bridgehead atoms. The van der Waals surface area contributed by atoms with E-state index in [-0.39, 0.29) is 0 Å². The first-order valence-electron chi connectivity index (χ1n) is 7.39. The van der Waals surface area contributed by atoms with Crippen LogP contribution < -0.4 is 5.32 Å². The van der Waals surface area contributed by atoms with E-state index in [1.54, 1.807) is 0 Å². The number of unbranched alkanes of at least 4 members (excludes halogenated alkanes) is 1. The van der Waals surface area contributed by atoms with Gasteiger partial charge in [0.2, 0.25) is 0 Å². The topological polar surface area (TPSA) is 21.3 Å². The first-order valence-corrected chi connectivity index (χ1v) is 7.39. The molecule has 1 saturated heterocycles. The normalized spacial score (nSPS) is 22.9. The average molecular weight is 241 g/mol. The second kappa shape index (κ2) is 7.38. The molecule has 0 amide bonds. The summed E-state index contributed by atoms with van der Waals surface area (Å²) in [6, 6.07) is 0.650. The van der Waals surface area contributed by atoms with Gasteiger partial charge in [-0.1, -0.05) is 40.5 Å². The lowest BCUT2D eigenvalue weighted by atomic mass is 9.83. The molecule has 102 valence electrons. The molecule has 2 nitrogen and oxygen atoms in total. The number of hydrogen-bond acceptors (Lipinski definition) is 2. The van der Waals surface area contributed by atoms with Crippen molar-refractivity contribution in [3.8, 4) is 0 Å². The fourth-order valence-electron chi connectivity index (χ4n) is 2.68. The lowest BCUT2D eigenvalue weighted by molar-refractivity contribution is 0.101. The zero-order valence-corrected chi connectivity index (χ0v) is 12.2. The summed E-state index contributed by atoms with van der Waals surface area (Å²) in [7, 11) is 0. The Labute approximate surface area is 108 Å². The lowest BCUT2D eigenvalue weighted by Crippen LogP contribution is -2.40. The second-order valence-electron chi connectivity index (χ2n) is 6.40. The van der Waals surface area contributed by atoms with E-state index in [0.717, 1.165) is 13.2 Å². The standard InChI is InChI=1S/C15H31NO/c1-5-16-14(15(2,3)4)11-7-6-9-13-10-8-12-17-13/h13-14,16H,5-12H2,1-4H3. The molecule has 1 N–H and O–H groups in total. The third kappa shape index (κ3) is 5.87. The summed E-state index contributed by atoms with van der Waals surface area (Å²) in [5, 5.41) is 3.62. The molecular formula is C15H31NO. The van der Waals surface area contributed by atoms with Crippen LogP contribution in [0.25, 0.3) is 0 Å². The van der Waals surface area contributed by atoms with Crippen molar-refractivity contribution in [2.75, 3.05) is 13.2 Å². The maximum atomic E-state index is 5.66. The Kier molecular flexibility index (Phi) is 6.50. The zero-order valence-electron chi connectivity index (χ0n) is 12.2. The van der Waals surface area contributed by atoms with Gasteiger partial charge in [0.05, 0.1) is 6.10 Å². The number of nitrogens with one attached hydrogen (secondary N) is 1. The fraction of sp³-hybridized carbons (Fsp3) is 1.00. The predicted molar refractivity (Wildman–Crippen MR) is 74.4 cm³/mol. The van der Waals surface area contributed by atoms with Gasteiger partial charge in [0.15, 0.2) is 0 Å². The quantitative estimate of drug-likeness (QED) is 0.685. The average Bonchev–Trinajstić information content (AvgIpc) is 2.74. The first kappa shape index (κ1) is 15.0. The van der Waals surface area contributed by atoms with Crippen molar-refractivity contribution in [2.45, 2.75) is 78.4 Å². The van der Waals surface area contributed by atoms with Crippen LogP contribution in [0.2, 0.25) is 0 Å². The Bertz CT molecular complexity index is 192. The van der Waals surface area contributed by atoms with Crippen molar-refractivity contribution in [1.29, 1.82) is 0 Å². The van der Waals surface area contributed by atoms with Gasteiger partial charge < -0.3 is 10.1 Å². The van der Waals surface area contributed by atoms with E-state index in [2.05, 4.69) is 33.0 Å². The molecule has 0 aromatic carbocycles. The van der Waals surface area contributed by atoms with E-state index in [1.807, 2.05) is 0 Å². The molecule has 0 aromatic rings. The van der Waals surface area contributed by atoms with Crippen LogP contribution in [0.3, 0.4) is 0 Å². The zero-order chi connectivity index (χ0) is 12.7. The Morgan fingerprint density at radius 3 is 2.59 bits per heavy atom. The lowest BCUT2D eigenvalue weighted by Gasteiger charge is -2.31. The summed E-state index contributed by atoms with van der Waals surface area (Å²) >= 11 is 0. The predicted octanol–water partition coefficient (Wildman–Crippen LogP) is 3.75. The van der Waals surface area contributed by atoms with E-state index < -0.39 is 0 Å². The molecule has 1 aliphatic heterocycles. The monoisotopic (exact) mass is 241 g/mol. The van der Waals surface area contributed by atoms with Crippen LogP contribution in [0.5, 0.6) is 0 Å². The highest BCUT2D eigenvalue weighted by Gasteiger charge is 2.23. The summed E-state index contributed by atoms with van der Waals surface area (Å²) in [5.74, 6) is 0. The van der Waals surface area contributed by atoms with Gasteiger partial charge in [0, 0.05) is 12.6 Å². The van der Waals surface area contributed by atoms with Crippen LogP contribution in [-0.2, 0) is 4.74 Å². The van der Waals surface area contributed by atoms with Crippen LogP contribution >= 0.6 is 0 Å². The van der Waals surface area contributed by atoms with Crippen molar-refractivity contribution in [1.82, 2.24) is 5.32 Å². The molecule has 2 unspecified atom stereocenters. The fourth-order valence-corrected chi connectivity index (χ4v) is 2.68. The first-order chi connectivity index (χ1) is 8.04. The Morgan fingerprint density at radius 2 is 2.06 bits per heavy atom. The smallest absolute Gasteiger partial charge is 0.0576 e. The molecule has 0 saturated carbocycles. The van der Waals surface area contributed by atoms with Gasteiger partial charge in [0.1, 0.15) is 0 Å². The van der Waals surface area contributed by atoms with Crippen molar-refractivity contribution in [2.24, 2.45) is 5.41 Å². The van der Waals surface area contributed by atoms with Gasteiger partial charge in [-0.2, -0.15) is 0 Å². The molecule has 1 heterocycles.